The second kappa shape index (κ2) is 7.42. The number of ether oxygens (including phenoxy) is 1. The second-order valence-corrected chi connectivity index (χ2v) is 7.77. The van der Waals surface area contributed by atoms with Gasteiger partial charge >= 0.3 is 5.97 Å². The fourth-order valence-corrected chi connectivity index (χ4v) is 4.30. The largest absolute Gasteiger partial charge is 0.453 e. The van der Waals surface area contributed by atoms with Crippen molar-refractivity contribution in [1.29, 1.82) is 0 Å². The number of esters is 1. The van der Waals surface area contributed by atoms with Crippen LogP contribution in [0.5, 0.6) is 0 Å². The number of carbonyl (C=O) groups is 3. The minimum absolute atomic E-state index is 0.210. The van der Waals surface area contributed by atoms with E-state index in [1.54, 1.807) is 31.2 Å². The number of aromatic amines is 1. The highest BCUT2D eigenvalue weighted by molar-refractivity contribution is 6.07. The zero-order valence-electron chi connectivity index (χ0n) is 16.4. The molecule has 0 unspecified atom stereocenters. The predicted octanol–water partition coefficient (Wildman–Crippen LogP) is 2.09. The molecule has 2 fully saturated rings. The SMILES string of the molecule is C[C@@H](OC(=O)[C@H](C)N1C(=O)[C@H]2CCCC[C@@H]2C1=O)c1nc2ccccc2c(=O)[nH]1. The number of para-hydroxylation sites is 1. The van der Waals surface area contributed by atoms with Crippen molar-refractivity contribution in [3.8, 4) is 0 Å². The van der Waals surface area contributed by atoms with Crippen LogP contribution in [0.15, 0.2) is 29.1 Å². The maximum atomic E-state index is 12.7. The number of H-pyrrole nitrogens is 1. The first kappa shape index (κ1) is 19.3. The minimum Gasteiger partial charge on any atom is -0.453 e. The molecule has 2 aliphatic rings. The number of hydrogen-bond donors (Lipinski definition) is 1. The highest BCUT2D eigenvalue weighted by atomic mass is 16.5. The lowest BCUT2D eigenvalue weighted by Crippen LogP contribution is -2.44. The maximum absolute atomic E-state index is 12.7. The number of hydrogen-bond acceptors (Lipinski definition) is 6. The Hall–Kier alpha value is -3.03. The standard InChI is InChI=1S/C21H23N3O5/c1-11(24-19(26)13-7-3-4-8-14(13)20(24)27)21(28)29-12(2)17-22-16-10-6-5-9-15(16)18(25)23-17/h5-6,9-14H,3-4,7-8H2,1-2H3,(H,22,23,25)/t11-,12+,13-,14-/m0/s1. The summed E-state index contributed by atoms with van der Waals surface area (Å²) in [7, 11) is 0. The Labute approximate surface area is 167 Å². The highest BCUT2D eigenvalue weighted by Crippen LogP contribution is 2.39. The molecule has 2 aromatic rings. The van der Waals surface area contributed by atoms with E-state index in [0.29, 0.717) is 23.7 Å². The fraction of sp³-hybridized carbons (Fsp3) is 0.476. The number of fused-ring (bicyclic) bond motifs is 2. The number of benzene rings is 1. The summed E-state index contributed by atoms with van der Waals surface area (Å²) in [5.74, 6) is -1.69. The van der Waals surface area contributed by atoms with Crippen molar-refractivity contribution >= 4 is 28.7 Å². The van der Waals surface area contributed by atoms with Gasteiger partial charge in [-0.15, -0.1) is 0 Å². The van der Waals surface area contributed by atoms with Gasteiger partial charge in [0.25, 0.3) is 5.56 Å². The molecule has 2 amide bonds. The molecule has 0 bridgehead atoms. The van der Waals surface area contributed by atoms with Crippen LogP contribution >= 0.6 is 0 Å². The second-order valence-electron chi connectivity index (χ2n) is 7.77. The molecular weight excluding hydrogens is 374 g/mol. The molecule has 2 heterocycles. The molecule has 1 aromatic carbocycles. The van der Waals surface area contributed by atoms with Crippen LogP contribution in [0.4, 0.5) is 0 Å². The summed E-state index contributed by atoms with van der Waals surface area (Å²) in [6.07, 6.45) is 2.38. The van der Waals surface area contributed by atoms with Crippen LogP contribution in [0.1, 0.15) is 51.5 Å². The first-order valence-electron chi connectivity index (χ1n) is 9.95. The van der Waals surface area contributed by atoms with E-state index in [0.717, 1.165) is 17.7 Å². The normalized spacial score (nSPS) is 23.7. The Kier molecular flexibility index (Phi) is 4.94. The number of likely N-dealkylation sites (tertiary alicyclic amines) is 1. The topological polar surface area (TPSA) is 109 Å². The van der Waals surface area contributed by atoms with Gasteiger partial charge < -0.3 is 9.72 Å². The molecule has 29 heavy (non-hydrogen) atoms. The smallest absolute Gasteiger partial charge is 0.329 e. The van der Waals surface area contributed by atoms with Crippen molar-refractivity contribution in [3.63, 3.8) is 0 Å². The third-order valence-corrected chi connectivity index (χ3v) is 5.91. The summed E-state index contributed by atoms with van der Waals surface area (Å²) < 4.78 is 5.45. The Morgan fingerprint density at radius 3 is 2.38 bits per heavy atom. The molecule has 1 saturated heterocycles. The average molecular weight is 397 g/mol. The van der Waals surface area contributed by atoms with Crippen LogP contribution in [0.3, 0.4) is 0 Å². The molecule has 8 nitrogen and oxygen atoms in total. The number of aromatic nitrogens is 2. The van der Waals surface area contributed by atoms with Crippen LogP contribution in [0, 0.1) is 11.8 Å². The zero-order valence-corrected chi connectivity index (χ0v) is 16.4. The molecular formula is C21H23N3O5. The first-order chi connectivity index (χ1) is 13.9. The number of amides is 2. The first-order valence-corrected chi connectivity index (χ1v) is 9.95. The zero-order chi connectivity index (χ0) is 20.7. The lowest BCUT2D eigenvalue weighted by atomic mass is 9.81. The summed E-state index contributed by atoms with van der Waals surface area (Å²) in [5, 5.41) is 0.444. The number of nitrogens with zero attached hydrogens (tertiary/aromatic N) is 2. The van der Waals surface area contributed by atoms with Gasteiger partial charge in [0, 0.05) is 0 Å². The average Bonchev–Trinajstić information content (AvgIpc) is 2.98. The molecule has 0 spiro atoms. The third kappa shape index (κ3) is 3.32. The molecule has 4 rings (SSSR count). The molecule has 8 heteroatoms. The Balaban J connectivity index is 1.51. The maximum Gasteiger partial charge on any atom is 0.329 e. The third-order valence-electron chi connectivity index (χ3n) is 5.91. The molecule has 4 atom stereocenters. The van der Waals surface area contributed by atoms with Gasteiger partial charge in [-0.1, -0.05) is 25.0 Å². The number of carbonyl (C=O) groups excluding carboxylic acids is 3. The van der Waals surface area contributed by atoms with Crippen LogP contribution in [-0.2, 0) is 19.1 Å². The number of nitrogens with one attached hydrogen (secondary N) is 1. The van der Waals surface area contributed by atoms with E-state index in [-0.39, 0.29) is 35.0 Å². The molecule has 1 aromatic heterocycles. The summed E-state index contributed by atoms with van der Waals surface area (Å²) in [6.45, 7) is 3.09. The summed E-state index contributed by atoms with van der Waals surface area (Å²) in [5.41, 5.74) is 0.173. The van der Waals surface area contributed by atoms with Crippen LogP contribution in [0.25, 0.3) is 10.9 Å². The monoisotopic (exact) mass is 397 g/mol. The van der Waals surface area contributed by atoms with Gasteiger partial charge in [0.05, 0.1) is 22.7 Å². The Morgan fingerprint density at radius 2 is 1.72 bits per heavy atom. The van der Waals surface area contributed by atoms with E-state index in [1.807, 2.05) is 0 Å². The van der Waals surface area contributed by atoms with Gasteiger partial charge in [-0.3, -0.25) is 19.3 Å². The van der Waals surface area contributed by atoms with E-state index in [9.17, 15) is 19.2 Å². The van der Waals surface area contributed by atoms with Crippen LogP contribution < -0.4 is 5.56 Å². The lowest BCUT2D eigenvalue weighted by Gasteiger charge is -2.23. The van der Waals surface area contributed by atoms with Crippen molar-refractivity contribution in [3.05, 3.63) is 40.4 Å². The molecule has 1 N–H and O–H groups in total. The van der Waals surface area contributed by atoms with Crippen LogP contribution in [0.2, 0.25) is 0 Å². The van der Waals surface area contributed by atoms with Gasteiger partial charge in [-0.2, -0.15) is 0 Å². The van der Waals surface area contributed by atoms with Crippen molar-refractivity contribution < 1.29 is 19.1 Å². The fourth-order valence-electron chi connectivity index (χ4n) is 4.30. The van der Waals surface area contributed by atoms with Gasteiger partial charge in [-0.25, -0.2) is 9.78 Å². The lowest BCUT2D eigenvalue weighted by molar-refractivity contribution is -0.161. The van der Waals surface area contributed by atoms with E-state index in [1.165, 1.54) is 6.92 Å². The van der Waals surface area contributed by atoms with Crippen LogP contribution in [-0.4, -0.2) is 38.7 Å². The highest BCUT2D eigenvalue weighted by Gasteiger charge is 2.51. The van der Waals surface area contributed by atoms with Gasteiger partial charge in [0.2, 0.25) is 11.8 Å². The van der Waals surface area contributed by atoms with Gasteiger partial charge in [0.1, 0.15) is 6.04 Å². The summed E-state index contributed by atoms with van der Waals surface area (Å²) >= 11 is 0. The quantitative estimate of drug-likeness (QED) is 0.625. The van der Waals surface area contributed by atoms with E-state index < -0.39 is 18.1 Å². The van der Waals surface area contributed by atoms with Crippen molar-refractivity contribution in [2.24, 2.45) is 11.8 Å². The van der Waals surface area contributed by atoms with Crippen molar-refractivity contribution in [2.75, 3.05) is 0 Å². The molecule has 152 valence electrons. The Morgan fingerprint density at radius 1 is 1.10 bits per heavy atom. The van der Waals surface area contributed by atoms with E-state index in [4.69, 9.17) is 4.74 Å². The molecule has 1 saturated carbocycles. The number of rotatable bonds is 4. The molecule has 1 aliphatic heterocycles. The van der Waals surface area contributed by atoms with E-state index in [2.05, 4.69) is 9.97 Å². The predicted molar refractivity (Wildman–Crippen MR) is 104 cm³/mol. The van der Waals surface area contributed by atoms with Crippen molar-refractivity contribution in [2.45, 2.75) is 51.7 Å². The molecule has 0 radical (unpaired) electrons. The summed E-state index contributed by atoms with van der Waals surface area (Å²) in [6, 6.07) is 5.85. The summed E-state index contributed by atoms with van der Waals surface area (Å²) in [4.78, 5) is 58.3. The minimum atomic E-state index is -1.02. The Bertz CT molecular complexity index is 1020. The van der Waals surface area contributed by atoms with Gasteiger partial charge in [-0.05, 0) is 38.8 Å². The van der Waals surface area contributed by atoms with E-state index >= 15 is 0 Å². The van der Waals surface area contributed by atoms with Crippen molar-refractivity contribution in [1.82, 2.24) is 14.9 Å². The molecule has 1 aliphatic carbocycles. The number of imide groups is 1. The van der Waals surface area contributed by atoms with Gasteiger partial charge in [0.15, 0.2) is 11.9 Å².